The first-order valence-electron chi connectivity index (χ1n) is 8.33. The van der Waals surface area contributed by atoms with Crippen molar-refractivity contribution >= 4 is 17.3 Å². The lowest BCUT2D eigenvalue weighted by Gasteiger charge is -2.27. The Morgan fingerprint density at radius 2 is 1.93 bits per heavy atom. The first kappa shape index (κ1) is 22.0. The molecule has 1 aliphatic heterocycles. The maximum absolute atomic E-state index is 13.5. The number of hydrogen-bond donors (Lipinski definition) is 0. The summed E-state index contributed by atoms with van der Waals surface area (Å²) in [5.41, 5.74) is -2.39. The number of nitrogens with zero attached hydrogens (tertiary/aromatic N) is 3. The fraction of sp³-hybridized carbons (Fsp3) is 0.333. The van der Waals surface area contributed by atoms with Gasteiger partial charge in [0.05, 0.1) is 23.7 Å². The molecule has 0 amide bonds. The summed E-state index contributed by atoms with van der Waals surface area (Å²) in [6.45, 7) is -0.683. The van der Waals surface area contributed by atoms with Gasteiger partial charge in [-0.15, -0.1) is 0 Å². The van der Waals surface area contributed by atoms with Gasteiger partial charge in [-0.05, 0) is 24.3 Å². The van der Waals surface area contributed by atoms with Crippen LogP contribution in [0.5, 0.6) is 5.75 Å². The molecular formula is C18H12ClF6N3O2. The molecule has 2 atom stereocenters. The van der Waals surface area contributed by atoms with Crippen LogP contribution in [0.25, 0.3) is 0 Å². The monoisotopic (exact) mass is 451 g/mol. The van der Waals surface area contributed by atoms with Crippen LogP contribution in [-0.2, 0) is 10.9 Å². The summed E-state index contributed by atoms with van der Waals surface area (Å²) in [6, 6.07) is 6.53. The van der Waals surface area contributed by atoms with Crippen LogP contribution in [0.4, 0.5) is 32.0 Å². The summed E-state index contributed by atoms with van der Waals surface area (Å²) in [5.74, 6) is 0.248. The van der Waals surface area contributed by atoms with E-state index in [1.54, 1.807) is 0 Å². The van der Waals surface area contributed by atoms with Crippen molar-refractivity contribution < 1.29 is 35.8 Å². The second-order valence-corrected chi connectivity index (χ2v) is 6.66. The molecule has 0 saturated carbocycles. The van der Waals surface area contributed by atoms with Crippen molar-refractivity contribution in [1.29, 1.82) is 5.26 Å². The molecular weight excluding hydrogens is 440 g/mol. The quantitative estimate of drug-likeness (QED) is 0.494. The highest BCUT2D eigenvalue weighted by Crippen LogP contribution is 2.39. The highest BCUT2D eigenvalue weighted by Gasteiger charge is 2.51. The Hall–Kier alpha value is -2.71. The summed E-state index contributed by atoms with van der Waals surface area (Å²) in [7, 11) is 0. The lowest BCUT2D eigenvalue weighted by atomic mass is 10.1. The zero-order valence-corrected chi connectivity index (χ0v) is 15.6. The summed E-state index contributed by atoms with van der Waals surface area (Å²) >= 11 is 5.71. The molecule has 2 heterocycles. The van der Waals surface area contributed by atoms with Crippen LogP contribution in [-0.4, -0.2) is 36.6 Å². The van der Waals surface area contributed by atoms with Crippen LogP contribution in [0.2, 0.25) is 5.15 Å². The molecule has 0 N–H and O–H groups in total. The van der Waals surface area contributed by atoms with Crippen LogP contribution in [0.3, 0.4) is 0 Å². The van der Waals surface area contributed by atoms with Gasteiger partial charge in [-0.3, -0.25) is 0 Å². The van der Waals surface area contributed by atoms with Crippen LogP contribution in [0, 0.1) is 11.3 Å². The zero-order valence-electron chi connectivity index (χ0n) is 14.8. The molecule has 0 aliphatic carbocycles. The molecule has 3 rings (SSSR count). The van der Waals surface area contributed by atoms with E-state index >= 15 is 0 Å². The second-order valence-electron chi connectivity index (χ2n) is 6.27. The smallest absolute Gasteiger partial charge is 0.433 e. The van der Waals surface area contributed by atoms with Crippen LogP contribution < -0.4 is 9.64 Å². The second kappa shape index (κ2) is 8.20. The van der Waals surface area contributed by atoms with Gasteiger partial charge < -0.3 is 14.4 Å². The van der Waals surface area contributed by atoms with Crippen molar-refractivity contribution in [2.24, 2.45) is 0 Å². The predicted molar refractivity (Wildman–Crippen MR) is 93.0 cm³/mol. The fourth-order valence-electron chi connectivity index (χ4n) is 2.91. The number of pyridine rings is 1. The molecule has 160 valence electrons. The van der Waals surface area contributed by atoms with E-state index in [-0.39, 0.29) is 29.7 Å². The normalized spacial score (nSPS) is 19.6. The van der Waals surface area contributed by atoms with Crippen LogP contribution >= 0.6 is 11.6 Å². The van der Waals surface area contributed by atoms with Gasteiger partial charge in [0.25, 0.3) is 0 Å². The van der Waals surface area contributed by atoms with Crippen LogP contribution in [0.15, 0.2) is 36.5 Å². The molecule has 12 heteroatoms. The minimum absolute atomic E-state index is 0.117. The van der Waals surface area contributed by atoms with Gasteiger partial charge in [0, 0.05) is 18.0 Å². The predicted octanol–water partition coefficient (Wildman–Crippen LogP) is 4.80. The van der Waals surface area contributed by atoms with E-state index in [0.717, 1.165) is 12.1 Å². The van der Waals surface area contributed by atoms with Crippen molar-refractivity contribution in [3.63, 3.8) is 0 Å². The van der Waals surface area contributed by atoms with Gasteiger partial charge >= 0.3 is 12.4 Å². The molecule has 5 nitrogen and oxygen atoms in total. The maximum atomic E-state index is 13.5. The topological polar surface area (TPSA) is 58.4 Å². The molecule has 1 aliphatic rings. The van der Waals surface area contributed by atoms with E-state index in [1.165, 1.54) is 24.4 Å². The third-order valence-corrected chi connectivity index (χ3v) is 4.39. The Labute approximate surface area is 171 Å². The largest absolute Gasteiger partial charge is 0.491 e. The molecule has 2 unspecified atom stereocenters. The molecule has 1 saturated heterocycles. The van der Waals surface area contributed by atoms with Gasteiger partial charge in [-0.2, -0.15) is 31.6 Å². The lowest BCUT2D eigenvalue weighted by Crippen LogP contribution is -2.42. The van der Waals surface area contributed by atoms with E-state index in [4.69, 9.17) is 26.3 Å². The number of anilines is 1. The molecule has 1 fully saturated rings. The van der Waals surface area contributed by atoms with E-state index in [0.29, 0.717) is 11.0 Å². The lowest BCUT2D eigenvalue weighted by molar-refractivity contribution is -0.215. The van der Waals surface area contributed by atoms with Gasteiger partial charge in [-0.25, -0.2) is 4.98 Å². The van der Waals surface area contributed by atoms with Crippen molar-refractivity contribution in [3.8, 4) is 11.8 Å². The highest BCUT2D eigenvalue weighted by atomic mass is 35.5. The Bertz CT molecular complexity index is 960. The van der Waals surface area contributed by atoms with Crippen molar-refractivity contribution in [1.82, 2.24) is 4.98 Å². The Morgan fingerprint density at radius 1 is 1.20 bits per heavy atom. The van der Waals surface area contributed by atoms with Gasteiger partial charge in [0.1, 0.15) is 23.6 Å². The molecule has 1 aromatic carbocycles. The molecule has 2 aromatic rings. The number of nitriles is 1. The average molecular weight is 452 g/mol. The number of ether oxygens (including phenoxy) is 2. The summed E-state index contributed by atoms with van der Waals surface area (Å²) in [6.07, 6.45) is -12.0. The number of hydrogen-bond acceptors (Lipinski definition) is 5. The van der Waals surface area contributed by atoms with E-state index in [9.17, 15) is 26.3 Å². The summed E-state index contributed by atoms with van der Waals surface area (Å²) in [5, 5.41) is 8.98. The standard InChI is InChI=1S/C18H12ClF6N3O2/c19-15-6-12(3-4-27-15)29-9-13-8-28(16(30-13)18(23,24)25)11-2-1-10(7-26)14(5-11)17(20,21)22/h1-6,13,16H,8-9H2. The Morgan fingerprint density at radius 3 is 2.53 bits per heavy atom. The Kier molecular flexibility index (Phi) is 6.01. The third kappa shape index (κ3) is 4.88. The summed E-state index contributed by atoms with van der Waals surface area (Å²) < 4.78 is 90.3. The number of aromatic nitrogens is 1. The maximum Gasteiger partial charge on any atom is 0.433 e. The van der Waals surface area contributed by atoms with Gasteiger partial charge in [-0.1, -0.05) is 11.6 Å². The van der Waals surface area contributed by atoms with Crippen molar-refractivity contribution in [3.05, 3.63) is 52.8 Å². The first-order chi connectivity index (χ1) is 14.0. The highest BCUT2D eigenvalue weighted by molar-refractivity contribution is 6.29. The minimum atomic E-state index is -4.90. The number of benzene rings is 1. The number of halogens is 7. The van der Waals surface area contributed by atoms with Gasteiger partial charge in [0.2, 0.25) is 6.23 Å². The summed E-state index contributed by atoms with van der Waals surface area (Å²) in [4.78, 5) is 4.40. The molecule has 30 heavy (non-hydrogen) atoms. The van der Waals surface area contributed by atoms with Crippen LogP contribution in [0.1, 0.15) is 11.1 Å². The first-order valence-corrected chi connectivity index (χ1v) is 8.71. The number of rotatable bonds is 4. The SMILES string of the molecule is N#Cc1ccc(N2CC(COc3ccnc(Cl)c3)OC2C(F)(F)F)cc1C(F)(F)F. The molecule has 0 bridgehead atoms. The van der Waals surface area contributed by atoms with E-state index < -0.39 is 35.8 Å². The van der Waals surface area contributed by atoms with E-state index in [1.807, 2.05) is 0 Å². The molecule has 0 spiro atoms. The molecule has 0 radical (unpaired) electrons. The Balaban J connectivity index is 1.85. The minimum Gasteiger partial charge on any atom is -0.491 e. The van der Waals surface area contributed by atoms with Crippen molar-refractivity contribution in [2.75, 3.05) is 18.1 Å². The third-order valence-electron chi connectivity index (χ3n) is 4.18. The number of alkyl halides is 6. The molecule has 1 aromatic heterocycles. The average Bonchev–Trinajstić information content (AvgIpc) is 3.10. The zero-order chi connectivity index (χ0) is 22.1. The van der Waals surface area contributed by atoms with Gasteiger partial charge in [0.15, 0.2) is 0 Å². The van der Waals surface area contributed by atoms with E-state index in [2.05, 4.69) is 4.98 Å². The van der Waals surface area contributed by atoms with Crippen molar-refractivity contribution in [2.45, 2.75) is 24.7 Å². The fourth-order valence-corrected chi connectivity index (χ4v) is 3.07.